The van der Waals surface area contributed by atoms with Crippen LogP contribution in [-0.2, 0) is 0 Å². The van der Waals surface area contributed by atoms with Crippen LogP contribution < -0.4 is 4.46 Å². The molecule has 2 fully saturated rings. The predicted molar refractivity (Wildman–Crippen MR) is 98.5 cm³/mol. The van der Waals surface area contributed by atoms with Gasteiger partial charge in [0.1, 0.15) is 0 Å². The standard InChI is InChI=1S/C18H30N2PSe/c1-18(2,3)21(19-13-7-8-14-19,20-15-9-10-16-20)22-17-11-5-4-6-12-17/h4-6,11-12H,7-10,13-16H2,1-3H3/q+1. The molecule has 1 atom stereocenters. The fourth-order valence-corrected chi connectivity index (χ4v) is 16.7. The van der Waals surface area contributed by atoms with Gasteiger partial charge >= 0.3 is 142 Å². The fraction of sp³-hybridized carbons (Fsp3) is 0.667. The molecular formula is C18H30N2PSe+. The summed E-state index contributed by atoms with van der Waals surface area (Å²) in [6.07, 6.45) is 5.60. The second-order valence-corrected chi connectivity index (χ2v) is 16.5. The number of benzene rings is 1. The molecule has 0 radical (unpaired) electrons. The molecule has 0 amide bonds. The van der Waals surface area contributed by atoms with E-state index in [2.05, 4.69) is 60.1 Å². The van der Waals surface area contributed by atoms with Gasteiger partial charge in [-0.05, 0) is 0 Å². The number of hydrogen-bond acceptors (Lipinski definition) is 0. The first kappa shape index (κ1) is 16.8. The van der Waals surface area contributed by atoms with Gasteiger partial charge in [0.15, 0.2) is 0 Å². The average molecular weight is 384 g/mol. The third-order valence-electron chi connectivity index (χ3n) is 4.78. The Morgan fingerprint density at radius 2 is 1.55 bits per heavy atom. The van der Waals surface area contributed by atoms with E-state index in [0.717, 1.165) is 0 Å². The molecule has 0 aromatic heterocycles. The average Bonchev–Trinajstić information content (AvgIpc) is 3.18. The normalized spacial score (nSPS) is 23.0. The maximum absolute atomic E-state index is 2.95. The Hall–Kier alpha value is -0.0705. The number of hydrogen-bond donors (Lipinski definition) is 0. The molecule has 0 unspecified atom stereocenters. The van der Waals surface area contributed by atoms with E-state index in [9.17, 15) is 0 Å². The Morgan fingerprint density at radius 1 is 0.955 bits per heavy atom. The van der Waals surface area contributed by atoms with Crippen LogP contribution in [0.15, 0.2) is 30.3 Å². The Kier molecular flexibility index (Phi) is 5.20. The van der Waals surface area contributed by atoms with E-state index in [-0.39, 0.29) is 0 Å². The maximum atomic E-state index is 2.95. The van der Waals surface area contributed by atoms with Gasteiger partial charge in [0, 0.05) is 0 Å². The topological polar surface area (TPSA) is 6.25 Å². The van der Waals surface area contributed by atoms with E-state index < -0.39 is 5.89 Å². The van der Waals surface area contributed by atoms with Gasteiger partial charge in [0.05, 0.1) is 0 Å². The first-order valence-corrected chi connectivity index (χ1v) is 13.5. The molecule has 1 aromatic rings. The molecule has 22 heavy (non-hydrogen) atoms. The van der Waals surface area contributed by atoms with Crippen LogP contribution in [-0.4, -0.2) is 54.8 Å². The van der Waals surface area contributed by atoms with Crippen molar-refractivity contribution in [2.75, 3.05) is 26.2 Å². The van der Waals surface area contributed by atoms with E-state index in [0.29, 0.717) is 19.7 Å². The molecule has 2 heterocycles. The Labute approximate surface area is 142 Å². The molecule has 2 nitrogen and oxygen atoms in total. The van der Waals surface area contributed by atoms with Crippen LogP contribution in [0.2, 0.25) is 0 Å². The summed E-state index contributed by atoms with van der Waals surface area (Å²) < 4.78 is 7.49. The van der Waals surface area contributed by atoms with Gasteiger partial charge in [-0.25, -0.2) is 0 Å². The second-order valence-electron chi connectivity index (χ2n) is 7.44. The molecule has 4 heteroatoms. The summed E-state index contributed by atoms with van der Waals surface area (Å²) in [5.74, 6) is -1.27. The van der Waals surface area contributed by atoms with Crippen LogP contribution >= 0.6 is 5.89 Å². The molecule has 2 saturated heterocycles. The van der Waals surface area contributed by atoms with E-state index in [1.807, 2.05) is 0 Å². The van der Waals surface area contributed by atoms with Crippen molar-refractivity contribution in [3.63, 3.8) is 0 Å². The zero-order valence-electron chi connectivity index (χ0n) is 14.3. The van der Waals surface area contributed by atoms with Crippen molar-refractivity contribution in [1.82, 2.24) is 4.67 Å². The molecule has 0 aliphatic carbocycles. The molecule has 2 aliphatic heterocycles. The van der Waals surface area contributed by atoms with Gasteiger partial charge < -0.3 is 0 Å². The summed E-state index contributed by atoms with van der Waals surface area (Å²) >= 11 is 0.557. The summed E-state index contributed by atoms with van der Waals surface area (Å²) in [5.41, 5.74) is 0. The summed E-state index contributed by atoms with van der Waals surface area (Å²) in [7, 11) is 0. The van der Waals surface area contributed by atoms with Crippen LogP contribution in [0.1, 0.15) is 46.5 Å². The van der Waals surface area contributed by atoms with Gasteiger partial charge in [-0.1, -0.05) is 0 Å². The molecule has 1 aromatic carbocycles. The third kappa shape index (κ3) is 3.11. The van der Waals surface area contributed by atoms with E-state index in [1.165, 1.54) is 51.9 Å². The van der Waals surface area contributed by atoms with Crippen LogP contribution in [0.4, 0.5) is 0 Å². The molecule has 2 aliphatic rings. The molecule has 122 valence electrons. The molecule has 3 rings (SSSR count). The zero-order chi connectivity index (χ0) is 15.6. The fourth-order valence-electron chi connectivity index (χ4n) is 3.85. The monoisotopic (exact) mass is 385 g/mol. The Bertz CT molecular complexity index is 548. The Balaban J connectivity index is 2.13. The van der Waals surface area contributed by atoms with Crippen molar-refractivity contribution in [2.24, 2.45) is 0 Å². The van der Waals surface area contributed by atoms with Gasteiger partial charge in [-0.3, -0.25) is 0 Å². The molecule has 0 saturated carbocycles. The Morgan fingerprint density at radius 3 is 2.09 bits per heavy atom. The van der Waals surface area contributed by atoms with E-state index in [1.54, 1.807) is 4.46 Å². The van der Waals surface area contributed by atoms with Crippen LogP contribution in [0.25, 0.3) is 0 Å². The quantitative estimate of drug-likeness (QED) is 0.568. The van der Waals surface area contributed by atoms with Crippen LogP contribution in [0.5, 0.6) is 0 Å². The number of rotatable bonds is 3. The van der Waals surface area contributed by atoms with Gasteiger partial charge in [-0.2, -0.15) is 0 Å². The second kappa shape index (κ2) is 6.81. The van der Waals surface area contributed by atoms with Crippen molar-refractivity contribution >= 4 is 24.9 Å². The van der Waals surface area contributed by atoms with E-state index in [4.69, 9.17) is 0 Å². The van der Waals surface area contributed by atoms with E-state index >= 15 is 0 Å². The van der Waals surface area contributed by atoms with Gasteiger partial charge in [0.25, 0.3) is 0 Å². The minimum atomic E-state index is -1.27. The first-order chi connectivity index (χ1) is 10.5. The molecule has 0 bridgehead atoms. The molecule has 0 spiro atoms. The predicted octanol–water partition coefficient (Wildman–Crippen LogP) is 3.75. The summed E-state index contributed by atoms with van der Waals surface area (Å²) in [4.78, 5) is 0. The van der Waals surface area contributed by atoms with Crippen molar-refractivity contribution < 1.29 is 4.33 Å². The molecule has 0 N–H and O–H groups in total. The van der Waals surface area contributed by atoms with Crippen molar-refractivity contribution in [3.8, 4) is 0 Å². The minimum absolute atomic E-state index is 0.386. The summed E-state index contributed by atoms with van der Waals surface area (Å²) in [6, 6.07) is 11.3. The summed E-state index contributed by atoms with van der Waals surface area (Å²) in [5, 5.41) is 0.386. The van der Waals surface area contributed by atoms with Crippen molar-refractivity contribution in [2.45, 2.75) is 51.6 Å². The van der Waals surface area contributed by atoms with Gasteiger partial charge in [-0.15, -0.1) is 0 Å². The van der Waals surface area contributed by atoms with Crippen LogP contribution in [0.3, 0.4) is 0 Å². The van der Waals surface area contributed by atoms with Gasteiger partial charge in [0.2, 0.25) is 0 Å². The van der Waals surface area contributed by atoms with Crippen molar-refractivity contribution in [3.05, 3.63) is 30.3 Å². The number of nitrogens with zero attached hydrogens (tertiary/aromatic N) is 2. The van der Waals surface area contributed by atoms with Crippen LogP contribution in [0, 0.1) is 0 Å². The third-order valence-corrected chi connectivity index (χ3v) is 19.2. The van der Waals surface area contributed by atoms with Crippen molar-refractivity contribution in [1.29, 1.82) is 0 Å². The molecular weight excluding hydrogens is 354 g/mol. The summed E-state index contributed by atoms with van der Waals surface area (Å²) in [6.45, 7) is 12.9. The first-order valence-electron chi connectivity index (χ1n) is 8.69. The zero-order valence-corrected chi connectivity index (χ0v) is 16.9. The SMILES string of the molecule is CC(C)(C)[P@@]([Se]c1ccccc1)(N1CCCC1)=[N+]1CCCC1.